The van der Waals surface area contributed by atoms with E-state index < -0.39 is 0 Å². The largest absolute Gasteiger partial charge is 0.497 e. The first-order chi connectivity index (χ1) is 10.7. The molecule has 0 fully saturated rings. The van der Waals surface area contributed by atoms with Crippen LogP contribution in [0.25, 0.3) is 12.2 Å². The van der Waals surface area contributed by atoms with Crippen LogP contribution in [0.15, 0.2) is 36.4 Å². The van der Waals surface area contributed by atoms with E-state index in [0.717, 1.165) is 22.6 Å². The van der Waals surface area contributed by atoms with Gasteiger partial charge in [-0.05, 0) is 23.8 Å². The number of benzene rings is 2. The number of hydrogen-bond donors (Lipinski definition) is 0. The molecule has 0 saturated carbocycles. The first-order valence-electron chi connectivity index (χ1n) is 6.84. The quantitative estimate of drug-likeness (QED) is 0.758. The standard InChI is InChI=1S/C18H20O4/c1-19-15-9-6-13(7-10-15)5-8-14-11-17(21-3)18(22-4)12-16(14)20-2/h5-12H,1-4H3. The van der Waals surface area contributed by atoms with Gasteiger partial charge in [0.1, 0.15) is 11.5 Å². The van der Waals surface area contributed by atoms with Gasteiger partial charge in [0.25, 0.3) is 0 Å². The average molecular weight is 300 g/mol. The molecule has 0 aliphatic carbocycles. The van der Waals surface area contributed by atoms with Crippen molar-refractivity contribution in [2.24, 2.45) is 0 Å². The second kappa shape index (κ2) is 7.41. The summed E-state index contributed by atoms with van der Waals surface area (Å²) >= 11 is 0. The number of hydrogen-bond acceptors (Lipinski definition) is 4. The SMILES string of the molecule is COc1ccc(C=Cc2cc(OC)c(OC)cc2OC)cc1. The Hall–Kier alpha value is -2.62. The highest BCUT2D eigenvalue weighted by Gasteiger charge is 2.09. The van der Waals surface area contributed by atoms with Crippen LogP contribution in [-0.4, -0.2) is 28.4 Å². The second-order valence-electron chi connectivity index (χ2n) is 4.56. The van der Waals surface area contributed by atoms with E-state index in [0.29, 0.717) is 11.5 Å². The first kappa shape index (κ1) is 15.8. The van der Waals surface area contributed by atoms with Crippen molar-refractivity contribution in [2.45, 2.75) is 0 Å². The van der Waals surface area contributed by atoms with E-state index in [1.54, 1.807) is 28.4 Å². The van der Waals surface area contributed by atoms with E-state index in [4.69, 9.17) is 18.9 Å². The van der Waals surface area contributed by atoms with Gasteiger partial charge >= 0.3 is 0 Å². The molecule has 4 heteroatoms. The third kappa shape index (κ3) is 3.52. The zero-order chi connectivity index (χ0) is 15.9. The Balaban J connectivity index is 2.32. The first-order valence-corrected chi connectivity index (χ1v) is 6.84. The highest BCUT2D eigenvalue weighted by molar-refractivity contribution is 5.74. The molecule has 0 N–H and O–H groups in total. The molecule has 22 heavy (non-hydrogen) atoms. The molecule has 0 bridgehead atoms. The van der Waals surface area contributed by atoms with Crippen molar-refractivity contribution in [3.05, 3.63) is 47.5 Å². The molecule has 0 saturated heterocycles. The van der Waals surface area contributed by atoms with E-state index >= 15 is 0 Å². The minimum atomic E-state index is 0.640. The average Bonchev–Trinajstić information content (AvgIpc) is 2.59. The summed E-state index contributed by atoms with van der Waals surface area (Å²) in [4.78, 5) is 0. The predicted octanol–water partition coefficient (Wildman–Crippen LogP) is 3.89. The van der Waals surface area contributed by atoms with Gasteiger partial charge in [0.15, 0.2) is 11.5 Å². The van der Waals surface area contributed by atoms with Gasteiger partial charge < -0.3 is 18.9 Å². The molecule has 2 aromatic rings. The van der Waals surface area contributed by atoms with Crippen LogP contribution in [0.3, 0.4) is 0 Å². The summed E-state index contributed by atoms with van der Waals surface area (Å²) in [7, 11) is 6.50. The van der Waals surface area contributed by atoms with Gasteiger partial charge in [-0.2, -0.15) is 0 Å². The predicted molar refractivity (Wildman–Crippen MR) is 88.0 cm³/mol. The van der Waals surface area contributed by atoms with Crippen molar-refractivity contribution in [2.75, 3.05) is 28.4 Å². The lowest BCUT2D eigenvalue weighted by molar-refractivity contribution is 0.348. The van der Waals surface area contributed by atoms with Crippen LogP contribution < -0.4 is 18.9 Å². The zero-order valence-electron chi connectivity index (χ0n) is 13.3. The van der Waals surface area contributed by atoms with Crippen LogP contribution in [0.1, 0.15) is 11.1 Å². The van der Waals surface area contributed by atoms with Gasteiger partial charge in [0.2, 0.25) is 0 Å². The number of rotatable bonds is 6. The minimum Gasteiger partial charge on any atom is -0.497 e. The molecule has 0 spiro atoms. The van der Waals surface area contributed by atoms with E-state index in [9.17, 15) is 0 Å². The molecule has 0 aromatic heterocycles. The number of methoxy groups -OCH3 is 4. The van der Waals surface area contributed by atoms with Crippen molar-refractivity contribution >= 4 is 12.2 Å². The highest BCUT2D eigenvalue weighted by Crippen LogP contribution is 2.35. The summed E-state index contributed by atoms with van der Waals surface area (Å²) in [5, 5.41) is 0. The molecular formula is C18H20O4. The summed E-state index contributed by atoms with van der Waals surface area (Å²) < 4.78 is 21.2. The number of ether oxygens (including phenoxy) is 4. The summed E-state index contributed by atoms with van der Waals surface area (Å²) in [6, 6.07) is 11.5. The minimum absolute atomic E-state index is 0.640. The molecule has 0 aliphatic rings. The molecule has 2 rings (SSSR count). The van der Waals surface area contributed by atoms with Gasteiger partial charge in [-0.25, -0.2) is 0 Å². The summed E-state index contributed by atoms with van der Waals surface area (Å²) in [6.45, 7) is 0. The fourth-order valence-corrected chi connectivity index (χ4v) is 2.08. The fraction of sp³-hybridized carbons (Fsp3) is 0.222. The summed E-state index contributed by atoms with van der Waals surface area (Å²) in [6.07, 6.45) is 3.98. The summed E-state index contributed by atoms with van der Waals surface area (Å²) in [5.41, 5.74) is 1.98. The van der Waals surface area contributed by atoms with Crippen LogP contribution in [0, 0.1) is 0 Å². The molecule has 4 nitrogen and oxygen atoms in total. The van der Waals surface area contributed by atoms with Crippen molar-refractivity contribution in [1.82, 2.24) is 0 Å². The lowest BCUT2D eigenvalue weighted by Gasteiger charge is -2.12. The molecule has 116 valence electrons. The zero-order valence-corrected chi connectivity index (χ0v) is 13.3. The smallest absolute Gasteiger partial charge is 0.164 e. The second-order valence-corrected chi connectivity index (χ2v) is 4.56. The third-order valence-electron chi connectivity index (χ3n) is 3.31. The maximum Gasteiger partial charge on any atom is 0.164 e. The van der Waals surface area contributed by atoms with Crippen LogP contribution >= 0.6 is 0 Å². The van der Waals surface area contributed by atoms with Crippen LogP contribution in [0.5, 0.6) is 23.0 Å². The Labute approximate surface area is 130 Å². The molecule has 0 radical (unpaired) electrons. The van der Waals surface area contributed by atoms with Crippen molar-refractivity contribution in [1.29, 1.82) is 0 Å². The Kier molecular flexibility index (Phi) is 5.31. The van der Waals surface area contributed by atoms with Gasteiger partial charge in [-0.1, -0.05) is 24.3 Å². The lowest BCUT2D eigenvalue weighted by atomic mass is 10.1. The normalized spacial score (nSPS) is 10.5. The van der Waals surface area contributed by atoms with Crippen LogP contribution in [0.2, 0.25) is 0 Å². The molecule has 0 atom stereocenters. The Bertz CT molecular complexity index is 645. The maximum atomic E-state index is 5.41. The Morgan fingerprint density at radius 3 is 1.77 bits per heavy atom. The van der Waals surface area contributed by atoms with Crippen molar-refractivity contribution in [3.63, 3.8) is 0 Å². The molecule has 0 unspecified atom stereocenters. The van der Waals surface area contributed by atoms with Crippen molar-refractivity contribution in [3.8, 4) is 23.0 Å². The molecule has 0 amide bonds. The van der Waals surface area contributed by atoms with E-state index in [1.807, 2.05) is 48.6 Å². The summed E-state index contributed by atoms with van der Waals surface area (Å²) in [5.74, 6) is 2.86. The van der Waals surface area contributed by atoms with Gasteiger partial charge in [-0.15, -0.1) is 0 Å². The van der Waals surface area contributed by atoms with Gasteiger partial charge in [0, 0.05) is 11.6 Å². The van der Waals surface area contributed by atoms with E-state index in [1.165, 1.54) is 0 Å². The third-order valence-corrected chi connectivity index (χ3v) is 3.31. The molecular weight excluding hydrogens is 280 g/mol. The lowest BCUT2D eigenvalue weighted by Crippen LogP contribution is -1.94. The highest BCUT2D eigenvalue weighted by atomic mass is 16.5. The maximum absolute atomic E-state index is 5.41. The van der Waals surface area contributed by atoms with Gasteiger partial charge in [0.05, 0.1) is 28.4 Å². The van der Waals surface area contributed by atoms with Crippen LogP contribution in [0.4, 0.5) is 0 Å². The molecule has 0 aliphatic heterocycles. The van der Waals surface area contributed by atoms with E-state index in [2.05, 4.69) is 0 Å². The van der Waals surface area contributed by atoms with Crippen LogP contribution in [-0.2, 0) is 0 Å². The van der Waals surface area contributed by atoms with Crippen molar-refractivity contribution < 1.29 is 18.9 Å². The Morgan fingerprint density at radius 2 is 1.23 bits per heavy atom. The topological polar surface area (TPSA) is 36.9 Å². The van der Waals surface area contributed by atoms with Gasteiger partial charge in [-0.3, -0.25) is 0 Å². The Morgan fingerprint density at radius 1 is 0.636 bits per heavy atom. The van der Waals surface area contributed by atoms with E-state index in [-0.39, 0.29) is 0 Å². The monoisotopic (exact) mass is 300 g/mol. The fourth-order valence-electron chi connectivity index (χ4n) is 2.08. The molecule has 0 heterocycles. The molecule has 2 aromatic carbocycles.